The lowest BCUT2D eigenvalue weighted by Gasteiger charge is -2.37. The number of nitrogens with zero attached hydrogens (tertiary/aromatic N) is 2. The van der Waals surface area contributed by atoms with Crippen LogP contribution in [0.15, 0.2) is 48.5 Å². The van der Waals surface area contributed by atoms with Gasteiger partial charge in [-0.2, -0.15) is 5.26 Å². The largest absolute Gasteiger partial charge is 0.299 e. The Balaban J connectivity index is 1.69. The molecule has 118 valence electrons. The summed E-state index contributed by atoms with van der Waals surface area (Å²) in [7, 11) is 0. The van der Waals surface area contributed by atoms with E-state index in [0.717, 1.165) is 37.6 Å². The molecular weight excluding hydrogens is 294 g/mol. The SMILES string of the molecule is N#CC1(c2ccccc2)CCN(Cc2ccc(F)cc2F)CC1. The van der Waals surface area contributed by atoms with Crippen molar-refractivity contribution in [1.29, 1.82) is 5.26 Å². The Bertz CT molecular complexity index is 714. The minimum Gasteiger partial charge on any atom is -0.299 e. The first-order valence-electron chi connectivity index (χ1n) is 7.76. The molecule has 1 aliphatic heterocycles. The fourth-order valence-corrected chi connectivity index (χ4v) is 3.21. The van der Waals surface area contributed by atoms with Gasteiger partial charge in [0, 0.05) is 31.3 Å². The lowest BCUT2D eigenvalue weighted by Crippen LogP contribution is -2.41. The maximum atomic E-state index is 13.8. The van der Waals surface area contributed by atoms with Gasteiger partial charge in [-0.25, -0.2) is 8.78 Å². The third-order valence-electron chi connectivity index (χ3n) is 4.66. The van der Waals surface area contributed by atoms with E-state index in [1.54, 1.807) is 0 Å². The summed E-state index contributed by atoms with van der Waals surface area (Å²) in [5, 5.41) is 9.68. The van der Waals surface area contributed by atoms with E-state index in [1.165, 1.54) is 12.1 Å². The van der Waals surface area contributed by atoms with Gasteiger partial charge in [0.25, 0.3) is 0 Å². The molecule has 0 unspecified atom stereocenters. The zero-order valence-corrected chi connectivity index (χ0v) is 12.8. The molecule has 1 saturated heterocycles. The minimum absolute atomic E-state index is 0.447. The summed E-state index contributed by atoms with van der Waals surface area (Å²) in [5.74, 6) is -1.07. The minimum atomic E-state index is -0.558. The molecule has 1 heterocycles. The van der Waals surface area contributed by atoms with Crippen molar-refractivity contribution in [3.63, 3.8) is 0 Å². The van der Waals surface area contributed by atoms with Crippen LogP contribution in [-0.4, -0.2) is 18.0 Å². The first-order chi connectivity index (χ1) is 11.1. The van der Waals surface area contributed by atoms with Crippen LogP contribution in [-0.2, 0) is 12.0 Å². The molecule has 4 heteroatoms. The van der Waals surface area contributed by atoms with Crippen molar-refractivity contribution >= 4 is 0 Å². The highest BCUT2D eigenvalue weighted by molar-refractivity contribution is 5.33. The highest BCUT2D eigenvalue weighted by atomic mass is 19.1. The van der Waals surface area contributed by atoms with E-state index in [1.807, 2.05) is 30.3 Å². The normalized spacial score (nSPS) is 17.6. The number of rotatable bonds is 3. The lowest BCUT2D eigenvalue weighted by atomic mass is 9.74. The fourth-order valence-electron chi connectivity index (χ4n) is 3.21. The van der Waals surface area contributed by atoms with Crippen molar-refractivity contribution in [2.24, 2.45) is 0 Å². The fraction of sp³-hybridized carbons (Fsp3) is 0.316. The maximum Gasteiger partial charge on any atom is 0.130 e. The second kappa shape index (κ2) is 6.47. The summed E-state index contributed by atoms with van der Waals surface area (Å²) in [6.45, 7) is 1.89. The van der Waals surface area contributed by atoms with Crippen molar-refractivity contribution in [2.45, 2.75) is 24.8 Å². The smallest absolute Gasteiger partial charge is 0.130 e. The van der Waals surface area contributed by atoms with Gasteiger partial charge in [-0.1, -0.05) is 36.4 Å². The van der Waals surface area contributed by atoms with Crippen LogP contribution in [0.4, 0.5) is 8.78 Å². The summed E-state index contributed by atoms with van der Waals surface area (Å²) in [4.78, 5) is 2.12. The number of hydrogen-bond acceptors (Lipinski definition) is 2. The van der Waals surface area contributed by atoms with Gasteiger partial charge in [-0.3, -0.25) is 4.90 Å². The van der Waals surface area contributed by atoms with Gasteiger partial charge >= 0.3 is 0 Å². The molecule has 1 fully saturated rings. The van der Waals surface area contributed by atoms with Crippen molar-refractivity contribution in [3.8, 4) is 6.07 Å². The maximum absolute atomic E-state index is 13.8. The van der Waals surface area contributed by atoms with Crippen LogP contribution in [0.5, 0.6) is 0 Å². The molecule has 3 rings (SSSR count). The van der Waals surface area contributed by atoms with E-state index in [4.69, 9.17) is 0 Å². The second-order valence-corrected chi connectivity index (χ2v) is 6.07. The Morgan fingerprint density at radius 3 is 2.35 bits per heavy atom. The van der Waals surface area contributed by atoms with Crippen molar-refractivity contribution in [1.82, 2.24) is 4.90 Å². The summed E-state index contributed by atoms with van der Waals surface area (Å²) in [6.07, 6.45) is 1.44. The van der Waals surface area contributed by atoms with Crippen LogP contribution < -0.4 is 0 Å². The Labute approximate surface area is 135 Å². The molecule has 0 aromatic heterocycles. The first kappa shape index (κ1) is 15.6. The molecule has 0 atom stereocenters. The molecule has 0 saturated carbocycles. The van der Waals surface area contributed by atoms with Gasteiger partial charge in [0.2, 0.25) is 0 Å². The van der Waals surface area contributed by atoms with Gasteiger partial charge in [-0.05, 0) is 24.5 Å². The second-order valence-electron chi connectivity index (χ2n) is 6.07. The van der Waals surface area contributed by atoms with Crippen LogP contribution >= 0.6 is 0 Å². The van der Waals surface area contributed by atoms with Gasteiger partial charge in [-0.15, -0.1) is 0 Å². The summed E-state index contributed by atoms with van der Waals surface area (Å²) >= 11 is 0. The van der Waals surface area contributed by atoms with E-state index in [0.29, 0.717) is 12.1 Å². The Morgan fingerprint density at radius 1 is 1.04 bits per heavy atom. The molecule has 0 N–H and O–H groups in total. The number of hydrogen-bond donors (Lipinski definition) is 0. The van der Waals surface area contributed by atoms with Crippen LogP contribution in [0.25, 0.3) is 0 Å². The molecule has 23 heavy (non-hydrogen) atoms. The van der Waals surface area contributed by atoms with Crippen LogP contribution in [0.1, 0.15) is 24.0 Å². The predicted molar refractivity (Wildman–Crippen MR) is 84.6 cm³/mol. The quantitative estimate of drug-likeness (QED) is 0.856. The molecular formula is C19H18F2N2. The van der Waals surface area contributed by atoms with Crippen molar-refractivity contribution in [2.75, 3.05) is 13.1 Å². The summed E-state index contributed by atoms with van der Waals surface area (Å²) in [5.41, 5.74) is 1.09. The number of piperidine rings is 1. The predicted octanol–water partition coefficient (Wildman–Crippen LogP) is 4.02. The first-order valence-corrected chi connectivity index (χ1v) is 7.76. The van der Waals surface area contributed by atoms with E-state index in [-0.39, 0.29) is 0 Å². The van der Waals surface area contributed by atoms with Crippen molar-refractivity contribution < 1.29 is 8.78 Å². The van der Waals surface area contributed by atoms with Crippen LogP contribution in [0.2, 0.25) is 0 Å². The average Bonchev–Trinajstić information content (AvgIpc) is 2.59. The van der Waals surface area contributed by atoms with E-state index in [2.05, 4.69) is 11.0 Å². The molecule has 1 aliphatic rings. The van der Waals surface area contributed by atoms with Gasteiger partial charge < -0.3 is 0 Å². The zero-order valence-electron chi connectivity index (χ0n) is 12.8. The molecule has 2 nitrogen and oxygen atoms in total. The molecule has 2 aromatic carbocycles. The third kappa shape index (κ3) is 3.25. The average molecular weight is 312 g/mol. The Kier molecular flexibility index (Phi) is 4.40. The highest BCUT2D eigenvalue weighted by Crippen LogP contribution is 2.35. The summed E-state index contributed by atoms with van der Waals surface area (Å²) < 4.78 is 26.7. The van der Waals surface area contributed by atoms with Crippen LogP contribution in [0.3, 0.4) is 0 Å². The Morgan fingerprint density at radius 2 is 1.74 bits per heavy atom. The molecule has 0 bridgehead atoms. The van der Waals surface area contributed by atoms with Gasteiger partial charge in [0.15, 0.2) is 0 Å². The third-order valence-corrected chi connectivity index (χ3v) is 4.66. The standard InChI is InChI=1S/C19H18F2N2/c20-17-7-6-15(18(21)12-17)13-23-10-8-19(14-22,9-11-23)16-4-2-1-3-5-16/h1-7,12H,8-11,13H2. The van der Waals surface area contributed by atoms with Gasteiger partial charge in [0.05, 0.1) is 11.5 Å². The monoisotopic (exact) mass is 312 g/mol. The zero-order chi connectivity index (χ0) is 16.3. The topological polar surface area (TPSA) is 27.0 Å². The van der Waals surface area contributed by atoms with E-state index < -0.39 is 17.0 Å². The van der Waals surface area contributed by atoms with E-state index in [9.17, 15) is 14.0 Å². The van der Waals surface area contributed by atoms with Crippen molar-refractivity contribution in [3.05, 3.63) is 71.3 Å². The number of likely N-dealkylation sites (tertiary alicyclic amines) is 1. The van der Waals surface area contributed by atoms with Crippen LogP contribution in [0, 0.1) is 23.0 Å². The number of benzene rings is 2. The number of nitriles is 1. The van der Waals surface area contributed by atoms with Gasteiger partial charge in [0.1, 0.15) is 11.6 Å². The highest BCUT2D eigenvalue weighted by Gasteiger charge is 2.36. The molecule has 0 amide bonds. The molecule has 2 aromatic rings. The van der Waals surface area contributed by atoms with E-state index >= 15 is 0 Å². The molecule has 0 aliphatic carbocycles. The molecule has 0 spiro atoms. The Hall–Kier alpha value is -2.25. The molecule has 0 radical (unpaired) electrons. The lowest BCUT2D eigenvalue weighted by molar-refractivity contribution is 0.177. The summed E-state index contributed by atoms with van der Waals surface area (Å²) in [6, 6.07) is 16.0. The number of halogens is 2.